The van der Waals surface area contributed by atoms with Crippen LogP contribution in [0.4, 0.5) is 14.5 Å². The number of hydrogen-bond donors (Lipinski definition) is 3. The standard InChI is InChI=1S/C22H20F2N4O4/c23-13-5-6-14(16(24)11-13)18-12-27-21(32-18)8-7-20(30)28-17-4-2-1-3-15(17)22(31)26-10-9-19(25)29/h1-6,11-12H,7-10H2,(H2,25,29)(H,26,31)(H,28,30). The van der Waals surface area contributed by atoms with Gasteiger partial charge in [0.05, 0.1) is 23.0 Å². The van der Waals surface area contributed by atoms with Crippen LogP contribution in [0.2, 0.25) is 0 Å². The Morgan fingerprint density at radius 3 is 2.59 bits per heavy atom. The van der Waals surface area contributed by atoms with Crippen molar-refractivity contribution in [1.82, 2.24) is 10.3 Å². The lowest BCUT2D eigenvalue weighted by Gasteiger charge is -2.11. The van der Waals surface area contributed by atoms with Crippen molar-refractivity contribution < 1.29 is 27.6 Å². The van der Waals surface area contributed by atoms with Crippen molar-refractivity contribution >= 4 is 23.4 Å². The molecule has 1 heterocycles. The van der Waals surface area contributed by atoms with Crippen LogP contribution in [-0.4, -0.2) is 29.3 Å². The lowest BCUT2D eigenvalue weighted by atomic mass is 10.1. The van der Waals surface area contributed by atoms with E-state index in [1.165, 1.54) is 18.3 Å². The fraction of sp³-hybridized carbons (Fsp3) is 0.182. The Balaban J connectivity index is 1.58. The summed E-state index contributed by atoms with van der Waals surface area (Å²) < 4.78 is 32.4. The van der Waals surface area contributed by atoms with Gasteiger partial charge < -0.3 is 20.8 Å². The van der Waals surface area contributed by atoms with Gasteiger partial charge in [-0.05, 0) is 24.3 Å². The molecule has 166 valence electrons. The predicted molar refractivity (Wildman–Crippen MR) is 111 cm³/mol. The molecule has 0 aliphatic rings. The monoisotopic (exact) mass is 442 g/mol. The molecule has 3 amide bonds. The zero-order valence-corrected chi connectivity index (χ0v) is 16.9. The highest BCUT2D eigenvalue weighted by atomic mass is 19.1. The lowest BCUT2D eigenvalue weighted by Crippen LogP contribution is -2.28. The normalized spacial score (nSPS) is 10.6. The van der Waals surface area contributed by atoms with Crippen LogP contribution in [-0.2, 0) is 16.0 Å². The van der Waals surface area contributed by atoms with Crippen molar-refractivity contribution in [1.29, 1.82) is 0 Å². The number of nitrogens with two attached hydrogens (primary N) is 1. The molecule has 0 fully saturated rings. The summed E-state index contributed by atoms with van der Waals surface area (Å²) in [5.74, 6) is -2.55. The van der Waals surface area contributed by atoms with Gasteiger partial charge in [-0.15, -0.1) is 0 Å². The number of oxazole rings is 1. The topological polar surface area (TPSA) is 127 Å². The van der Waals surface area contributed by atoms with Gasteiger partial charge in [-0.3, -0.25) is 14.4 Å². The van der Waals surface area contributed by atoms with Crippen molar-refractivity contribution in [2.75, 3.05) is 11.9 Å². The summed E-state index contributed by atoms with van der Waals surface area (Å²) in [4.78, 5) is 39.5. The van der Waals surface area contributed by atoms with Crippen LogP contribution in [0.15, 0.2) is 53.1 Å². The largest absolute Gasteiger partial charge is 0.441 e. The van der Waals surface area contributed by atoms with E-state index in [1.54, 1.807) is 18.2 Å². The van der Waals surface area contributed by atoms with Gasteiger partial charge in [0.15, 0.2) is 11.7 Å². The number of rotatable bonds is 9. The molecule has 0 aliphatic carbocycles. The number of para-hydroxylation sites is 1. The van der Waals surface area contributed by atoms with E-state index in [2.05, 4.69) is 15.6 Å². The highest BCUT2D eigenvalue weighted by Gasteiger charge is 2.15. The quantitative estimate of drug-likeness (QED) is 0.470. The van der Waals surface area contributed by atoms with Crippen LogP contribution in [0.3, 0.4) is 0 Å². The second-order valence-electron chi connectivity index (χ2n) is 6.81. The number of nitrogens with one attached hydrogen (secondary N) is 2. The summed E-state index contributed by atoms with van der Waals surface area (Å²) in [5.41, 5.74) is 5.64. The summed E-state index contributed by atoms with van der Waals surface area (Å²) in [7, 11) is 0. The minimum absolute atomic E-state index is 0.000221. The SMILES string of the molecule is NC(=O)CCNC(=O)c1ccccc1NC(=O)CCc1ncc(-c2ccc(F)cc2F)o1. The molecule has 0 saturated heterocycles. The molecule has 0 unspecified atom stereocenters. The number of amides is 3. The van der Waals surface area contributed by atoms with E-state index in [9.17, 15) is 23.2 Å². The summed E-state index contributed by atoms with van der Waals surface area (Å²) in [6.45, 7) is 0.0809. The van der Waals surface area contributed by atoms with Crippen LogP contribution in [0, 0.1) is 11.6 Å². The number of aryl methyl sites for hydroxylation is 1. The first-order valence-electron chi connectivity index (χ1n) is 9.69. The molecular weight excluding hydrogens is 422 g/mol. The van der Waals surface area contributed by atoms with E-state index < -0.39 is 29.4 Å². The molecule has 0 radical (unpaired) electrons. The molecular formula is C22H20F2N4O4. The van der Waals surface area contributed by atoms with E-state index >= 15 is 0 Å². The molecule has 0 spiro atoms. The van der Waals surface area contributed by atoms with Crippen LogP contribution in [0.25, 0.3) is 11.3 Å². The summed E-state index contributed by atoms with van der Waals surface area (Å²) in [6, 6.07) is 9.50. The molecule has 10 heteroatoms. The van der Waals surface area contributed by atoms with E-state index in [0.29, 0.717) is 5.69 Å². The number of carbonyl (C=O) groups is 3. The van der Waals surface area contributed by atoms with E-state index in [4.69, 9.17) is 10.2 Å². The zero-order valence-electron chi connectivity index (χ0n) is 16.9. The van der Waals surface area contributed by atoms with E-state index in [1.807, 2.05) is 0 Å². The van der Waals surface area contributed by atoms with Crippen LogP contribution in [0.5, 0.6) is 0 Å². The Morgan fingerprint density at radius 2 is 1.84 bits per heavy atom. The third kappa shape index (κ3) is 5.97. The van der Waals surface area contributed by atoms with E-state index in [-0.39, 0.29) is 48.6 Å². The number of hydrogen-bond acceptors (Lipinski definition) is 5. The highest BCUT2D eigenvalue weighted by Crippen LogP contribution is 2.24. The molecule has 0 aliphatic heterocycles. The van der Waals surface area contributed by atoms with Crippen LogP contribution in [0.1, 0.15) is 29.1 Å². The first-order chi connectivity index (χ1) is 15.3. The maximum atomic E-state index is 13.9. The Morgan fingerprint density at radius 1 is 1.06 bits per heavy atom. The maximum absolute atomic E-state index is 13.9. The van der Waals surface area contributed by atoms with Crippen molar-refractivity contribution in [2.45, 2.75) is 19.3 Å². The summed E-state index contributed by atoms with van der Waals surface area (Å²) in [6.07, 6.45) is 1.42. The minimum Gasteiger partial charge on any atom is -0.441 e. The van der Waals surface area contributed by atoms with Crippen molar-refractivity contribution in [3.8, 4) is 11.3 Å². The third-order valence-corrected chi connectivity index (χ3v) is 4.42. The van der Waals surface area contributed by atoms with Gasteiger partial charge in [0.2, 0.25) is 11.8 Å². The Bertz CT molecular complexity index is 1150. The molecule has 2 aromatic carbocycles. The number of carbonyl (C=O) groups excluding carboxylic acids is 3. The number of anilines is 1. The van der Waals surface area contributed by atoms with Gasteiger partial charge in [-0.2, -0.15) is 0 Å². The van der Waals surface area contributed by atoms with Crippen LogP contribution < -0.4 is 16.4 Å². The summed E-state index contributed by atoms with van der Waals surface area (Å²) >= 11 is 0. The summed E-state index contributed by atoms with van der Waals surface area (Å²) in [5, 5.41) is 5.21. The Hall–Kier alpha value is -4.08. The molecule has 0 atom stereocenters. The second-order valence-corrected chi connectivity index (χ2v) is 6.81. The fourth-order valence-electron chi connectivity index (χ4n) is 2.86. The average Bonchev–Trinajstić information content (AvgIpc) is 3.21. The first kappa shape index (κ1) is 22.6. The number of halogens is 2. The van der Waals surface area contributed by atoms with Gasteiger partial charge in [-0.25, -0.2) is 13.8 Å². The zero-order chi connectivity index (χ0) is 23.1. The molecule has 32 heavy (non-hydrogen) atoms. The molecule has 4 N–H and O–H groups in total. The van der Waals surface area contributed by atoms with Crippen molar-refractivity contribution in [3.05, 3.63) is 71.8 Å². The molecule has 8 nitrogen and oxygen atoms in total. The predicted octanol–water partition coefficient (Wildman–Crippen LogP) is 2.80. The number of benzene rings is 2. The number of nitrogens with zero attached hydrogens (tertiary/aromatic N) is 1. The maximum Gasteiger partial charge on any atom is 0.253 e. The van der Waals surface area contributed by atoms with Gasteiger partial charge >= 0.3 is 0 Å². The minimum atomic E-state index is -0.781. The second kappa shape index (κ2) is 10.3. The third-order valence-electron chi connectivity index (χ3n) is 4.42. The van der Waals surface area contributed by atoms with Crippen molar-refractivity contribution in [3.63, 3.8) is 0 Å². The van der Waals surface area contributed by atoms with Gasteiger partial charge in [0.25, 0.3) is 5.91 Å². The molecule has 0 bridgehead atoms. The van der Waals surface area contributed by atoms with Gasteiger partial charge in [0, 0.05) is 31.9 Å². The number of primary amides is 1. The van der Waals surface area contributed by atoms with Gasteiger partial charge in [0.1, 0.15) is 11.6 Å². The molecule has 1 aromatic heterocycles. The lowest BCUT2D eigenvalue weighted by molar-refractivity contribution is -0.118. The van der Waals surface area contributed by atoms with Crippen molar-refractivity contribution in [2.24, 2.45) is 5.73 Å². The molecule has 3 aromatic rings. The van der Waals surface area contributed by atoms with Crippen LogP contribution >= 0.6 is 0 Å². The molecule has 3 rings (SSSR count). The molecule has 0 saturated carbocycles. The van der Waals surface area contributed by atoms with E-state index in [0.717, 1.165) is 12.1 Å². The Labute approximate surface area is 181 Å². The number of aromatic nitrogens is 1. The van der Waals surface area contributed by atoms with Gasteiger partial charge in [-0.1, -0.05) is 12.1 Å². The fourth-order valence-corrected chi connectivity index (χ4v) is 2.86. The average molecular weight is 442 g/mol. The smallest absolute Gasteiger partial charge is 0.253 e. The first-order valence-corrected chi connectivity index (χ1v) is 9.69. The highest BCUT2D eigenvalue weighted by molar-refractivity contribution is 6.03. The Kier molecular flexibility index (Phi) is 7.27.